The number of nitrogens with zero attached hydrogens (tertiary/aromatic N) is 1. The lowest BCUT2D eigenvalue weighted by atomic mass is 10.1. The Hall–Kier alpha value is -3.17. The Balaban J connectivity index is 1.88. The van der Waals surface area contributed by atoms with Crippen LogP contribution in [0.15, 0.2) is 82.2 Å². The largest absolute Gasteiger partial charge is 0.462 e. The second-order valence-electron chi connectivity index (χ2n) is 7.10. The molecule has 33 heavy (non-hydrogen) atoms. The predicted octanol–water partition coefficient (Wildman–Crippen LogP) is 4.77. The summed E-state index contributed by atoms with van der Waals surface area (Å²) in [6, 6.07) is 19.4. The van der Waals surface area contributed by atoms with Gasteiger partial charge in [-0.15, -0.1) is 0 Å². The van der Waals surface area contributed by atoms with Gasteiger partial charge < -0.3 is 10.1 Å². The summed E-state index contributed by atoms with van der Waals surface area (Å²) < 4.78 is 33.4. The van der Waals surface area contributed by atoms with Crippen molar-refractivity contribution in [2.24, 2.45) is 0 Å². The molecule has 0 atom stereocenters. The molecule has 0 bridgehead atoms. The molecule has 0 spiro atoms. The molecular formula is C24H23BrN2O5S. The van der Waals surface area contributed by atoms with E-state index >= 15 is 0 Å². The topological polar surface area (TPSA) is 92.8 Å². The second-order valence-corrected chi connectivity index (χ2v) is 9.88. The van der Waals surface area contributed by atoms with Crippen LogP contribution < -0.4 is 9.62 Å². The molecular weight excluding hydrogens is 508 g/mol. The number of hydrogen-bond acceptors (Lipinski definition) is 5. The number of carbonyl (C=O) groups excluding carboxylic acids is 2. The fraction of sp³-hybridized carbons (Fsp3) is 0.167. The lowest BCUT2D eigenvalue weighted by Gasteiger charge is -2.24. The normalized spacial score (nSPS) is 11.0. The summed E-state index contributed by atoms with van der Waals surface area (Å²) in [7, 11) is -4.00. The highest BCUT2D eigenvalue weighted by Crippen LogP contribution is 2.26. The average Bonchev–Trinajstić information content (AvgIpc) is 2.79. The van der Waals surface area contributed by atoms with Crippen LogP contribution in [0, 0.1) is 6.92 Å². The third-order valence-electron chi connectivity index (χ3n) is 4.73. The van der Waals surface area contributed by atoms with Crippen LogP contribution in [0.1, 0.15) is 22.8 Å². The fourth-order valence-electron chi connectivity index (χ4n) is 3.13. The molecule has 0 radical (unpaired) electrons. The zero-order valence-corrected chi connectivity index (χ0v) is 20.5. The third-order valence-corrected chi connectivity index (χ3v) is 7.01. The molecule has 3 aromatic rings. The number of esters is 1. The zero-order chi connectivity index (χ0) is 24.0. The number of nitrogens with one attached hydrogen (secondary N) is 1. The third kappa shape index (κ3) is 6.00. The molecule has 0 unspecified atom stereocenters. The lowest BCUT2D eigenvalue weighted by Crippen LogP contribution is -2.38. The first-order valence-corrected chi connectivity index (χ1v) is 12.4. The van der Waals surface area contributed by atoms with E-state index in [4.69, 9.17) is 4.74 Å². The Morgan fingerprint density at radius 1 is 1.00 bits per heavy atom. The molecule has 7 nitrogen and oxygen atoms in total. The van der Waals surface area contributed by atoms with E-state index in [1.54, 1.807) is 74.5 Å². The van der Waals surface area contributed by atoms with E-state index in [0.29, 0.717) is 27.0 Å². The molecule has 0 saturated heterocycles. The minimum atomic E-state index is -4.00. The summed E-state index contributed by atoms with van der Waals surface area (Å²) >= 11 is 3.35. The number of carbonyl (C=O) groups is 2. The van der Waals surface area contributed by atoms with Crippen LogP contribution in [0.4, 0.5) is 11.4 Å². The maximum Gasteiger partial charge on any atom is 0.338 e. The highest BCUT2D eigenvalue weighted by molar-refractivity contribution is 9.10. The standard InChI is InChI=1S/C24H23BrN2O5S/c1-3-32-24(29)18-12-13-22(17(2)14-18)26-23(28)16-27(20-9-7-8-19(25)15-20)33(30,31)21-10-5-4-6-11-21/h4-15H,3,16H2,1-2H3,(H,26,28). The van der Waals surface area contributed by atoms with Gasteiger partial charge in [0.05, 0.1) is 22.8 Å². The molecule has 3 aromatic carbocycles. The van der Waals surface area contributed by atoms with E-state index in [9.17, 15) is 18.0 Å². The number of aryl methyl sites for hydroxylation is 1. The summed E-state index contributed by atoms with van der Waals surface area (Å²) in [6.07, 6.45) is 0. The number of rotatable bonds is 8. The van der Waals surface area contributed by atoms with Gasteiger partial charge in [-0.1, -0.05) is 40.2 Å². The summed E-state index contributed by atoms with van der Waals surface area (Å²) in [6.45, 7) is 3.29. The maximum absolute atomic E-state index is 13.4. The van der Waals surface area contributed by atoms with Crippen molar-refractivity contribution < 1.29 is 22.7 Å². The second kappa shape index (κ2) is 10.6. The van der Waals surface area contributed by atoms with Gasteiger partial charge in [-0.2, -0.15) is 0 Å². The van der Waals surface area contributed by atoms with Gasteiger partial charge in [0.15, 0.2) is 0 Å². The molecule has 0 fully saturated rings. The first-order valence-electron chi connectivity index (χ1n) is 10.1. The van der Waals surface area contributed by atoms with Crippen molar-refractivity contribution in [1.82, 2.24) is 0 Å². The Labute approximate surface area is 201 Å². The average molecular weight is 531 g/mol. The zero-order valence-electron chi connectivity index (χ0n) is 18.1. The first kappa shape index (κ1) is 24.5. The highest BCUT2D eigenvalue weighted by atomic mass is 79.9. The van der Waals surface area contributed by atoms with Crippen LogP contribution >= 0.6 is 15.9 Å². The van der Waals surface area contributed by atoms with Crippen molar-refractivity contribution in [3.8, 4) is 0 Å². The molecule has 0 saturated carbocycles. The van der Waals surface area contributed by atoms with Crippen molar-refractivity contribution in [2.45, 2.75) is 18.7 Å². The van der Waals surface area contributed by atoms with E-state index in [0.717, 1.165) is 4.31 Å². The van der Waals surface area contributed by atoms with Crippen LogP contribution in [-0.4, -0.2) is 33.4 Å². The van der Waals surface area contributed by atoms with Gasteiger partial charge in [-0.3, -0.25) is 9.10 Å². The maximum atomic E-state index is 13.4. The lowest BCUT2D eigenvalue weighted by molar-refractivity contribution is -0.114. The fourth-order valence-corrected chi connectivity index (χ4v) is 4.95. The number of benzene rings is 3. The highest BCUT2D eigenvalue weighted by Gasteiger charge is 2.27. The Kier molecular flexibility index (Phi) is 7.88. The number of ether oxygens (including phenoxy) is 1. The molecule has 0 aromatic heterocycles. The number of sulfonamides is 1. The quantitative estimate of drug-likeness (QED) is 0.423. The minimum absolute atomic E-state index is 0.0766. The van der Waals surface area contributed by atoms with Gasteiger partial charge in [0, 0.05) is 10.2 Å². The smallest absolute Gasteiger partial charge is 0.338 e. The Bertz CT molecular complexity index is 1260. The van der Waals surface area contributed by atoms with Crippen LogP contribution in [0.25, 0.3) is 0 Å². The van der Waals surface area contributed by atoms with Crippen LogP contribution in [-0.2, 0) is 19.6 Å². The summed E-state index contributed by atoms with van der Waals surface area (Å²) in [4.78, 5) is 24.9. The molecule has 1 N–H and O–H groups in total. The Morgan fingerprint density at radius 2 is 1.73 bits per heavy atom. The summed E-state index contributed by atoms with van der Waals surface area (Å²) in [5.41, 5.74) is 1.83. The van der Waals surface area contributed by atoms with Crippen molar-refractivity contribution in [1.29, 1.82) is 0 Å². The van der Waals surface area contributed by atoms with Crippen molar-refractivity contribution in [2.75, 3.05) is 22.8 Å². The molecule has 0 aliphatic heterocycles. The van der Waals surface area contributed by atoms with Gasteiger partial charge in [0.1, 0.15) is 6.54 Å². The van der Waals surface area contributed by atoms with Crippen molar-refractivity contribution in [3.05, 3.63) is 88.4 Å². The SMILES string of the molecule is CCOC(=O)c1ccc(NC(=O)CN(c2cccc(Br)c2)S(=O)(=O)c2ccccc2)c(C)c1. The van der Waals surface area contributed by atoms with E-state index in [2.05, 4.69) is 21.2 Å². The molecule has 3 rings (SSSR count). The van der Waals surface area contributed by atoms with Gasteiger partial charge >= 0.3 is 5.97 Å². The number of anilines is 2. The van der Waals surface area contributed by atoms with Gasteiger partial charge in [0.2, 0.25) is 5.91 Å². The summed E-state index contributed by atoms with van der Waals surface area (Å²) in [5, 5.41) is 2.74. The molecule has 0 heterocycles. The number of hydrogen-bond donors (Lipinski definition) is 1. The van der Waals surface area contributed by atoms with Gasteiger partial charge in [-0.25, -0.2) is 13.2 Å². The monoisotopic (exact) mass is 530 g/mol. The van der Waals surface area contributed by atoms with Crippen LogP contribution in [0.3, 0.4) is 0 Å². The van der Waals surface area contributed by atoms with E-state index in [1.165, 1.54) is 12.1 Å². The first-order chi connectivity index (χ1) is 15.7. The number of amides is 1. The molecule has 1 amide bonds. The summed E-state index contributed by atoms with van der Waals surface area (Å²) in [5.74, 6) is -0.977. The van der Waals surface area contributed by atoms with E-state index in [-0.39, 0.29) is 11.5 Å². The molecule has 9 heteroatoms. The van der Waals surface area contributed by atoms with E-state index < -0.39 is 28.4 Å². The molecule has 172 valence electrons. The van der Waals surface area contributed by atoms with Gasteiger partial charge in [0.25, 0.3) is 10.0 Å². The molecule has 0 aliphatic carbocycles. The van der Waals surface area contributed by atoms with Crippen molar-refractivity contribution >= 4 is 49.2 Å². The Morgan fingerprint density at radius 3 is 2.36 bits per heavy atom. The van der Waals surface area contributed by atoms with Crippen LogP contribution in [0.2, 0.25) is 0 Å². The minimum Gasteiger partial charge on any atom is -0.462 e. The van der Waals surface area contributed by atoms with Crippen molar-refractivity contribution in [3.63, 3.8) is 0 Å². The van der Waals surface area contributed by atoms with E-state index in [1.807, 2.05) is 0 Å². The van der Waals surface area contributed by atoms with Gasteiger partial charge in [-0.05, 0) is 67.9 Å². The number of halogens is 1. The van der Waals surface area contributed by atoms with Crippen LogP contribution in [0.5, 0.6) is 0 Å². The predicted molar refractivity (Wildman–Crippen MR) is 131 cm³/mol. The molecule has 0 aliphatic rings.